The Morgan fingerprint density at radius 1 is 1.26 bits per heavy atom. The summed E-state index contributed by atoms with van der Waals surface area (Å²) in [4.78, 5) is 14.7. The van der Waals surface area contributed by atoms with Gasteiger partial charge in [-0.15, -0.1) is 0 Å². The first-order valence-corrected chi connectivity index (χ1v) is 8.63. The number of hydrogen-bond donors (Lipinski definition) is 0. The normalized spacial score (nSPS) is 15.2. The molecule has 2 aromatic rings. The first kappa shape index (κ1) is 15.9. The zero-order valence-electron chi connectivity index (χ0n) is 13.9. The van der Waals surface area contributed by atoms with E-state index in [0.29, 0.717) is 19.5 Å². The van der Waals surface area contributed by atoms with E-state index in [0.717, 1.165) is 23.8 Å². The van der Waals surface area contributed by atoms with E-state index in [1.165, 1.54) is 25.7 Å². The van der Waals surface area contributed by atoms with Gasteiger partial charge in [-0.25, -0.2) is 0 Å². The van der Waals surface area contributed by atoms with E-state index in [1.807, 2.05) is 36.3 Å². The van der Waals surface area contributed by atoms with Crippen LogP contribution in [0.5, 0.6) is 0 Å². The van der Waals surface area contributed by atoms with Crippen molar-refractivity contribution in [3.63, 3.8) is 0 Å². The highest BCUT2D eigenvalue weighted by molar-refractivity contribution is 5.76. The minimum Gasteiger partial charge on any atom is -0.467 e. The molecule has 2 aromatic heterocycles. The van der Waals surface area contributed by atoms with Crippen LogP contribution in [0.1, 0.15) is 50.0 Å². The maximum absolute atomic E-state index is 12.7. The van der Waals surface area contributed by atoms with Gasteiger partial charge in [0.1, 0.15) is 5.76 Å². The summed E-state index contributed by atoms with van der Waals surface area (Å²) in [6, 6.07) is 7.89. The Hall–Kier alpha value is -1.97. The Labute approximate surface area is 138 Å². The third kappa shape index (κ3) is 4.27. The van der Waals surface area contributed by atoms with E-state index in [4.69, 9.17) is 4.42 Å². The number of amides is 1. The number of rotatable bonds is 7. The fraction of sp³-hybridized carbons (Fsp3) is 0.526. The summed E-state index contributed by atoms with van der Waals surface area (Å²) in [5.74, 6) is 1.82. The van der Waals surface area contributed by atoms with Gasteiger partial charge in [0.15, 0.2) is 0 Å². The molecule has 2 heterocycles. The molecule has 0 atom stereocenters. The molecular weight excluding hydrogens is 288 g/mol. The number of hydrogen-bond acceptors (Lipinski definition) is 2. The summed E-state index contributed by atoms with van der Waals surface area (Å²) in [5, 5.41) is 0. The lowest BCUT2D eigenvalue weighted by Gasteiger charge is -2.23. The summed E-state index contributed by atoms with van der Waals surface area (Å²) < 4.78 is 7.51. The predicted molar refractivity (Wildman–Crippen MR) is 89.6 cm³/mol. The van der Waals surface area contributed by atoms with E-state index in [2.05, 4.69) is 10.6 Å². The van der Waals surface area contributed by atoms with Crippen LogP contribution >= 0.6 is 0 Å². The zero-order valence-corrected chi connectivity index (χ0v) is 13.9. The summed E-state index contributed by atoms with van der Waals surface area (Å²) >= 11 is 0. The number of nitrogens with zero attached hydrogens (tertiary/aromatic N) is 2. The van der Waals surface area contributed by atoms with Crippen LogP contribution in [-0.2, 0) is 24.9 Å². The fourth-order valence-electron chi connectivity index (χ4n) is 3.46. The number of aryl methyl sites for hydroxylation is 1. The van der Waals surface area contributed by atoms with Crippen molar-refractivity contribution in [1.29, 1.82) is 0 Å². The molecule has 0 spiro atoms. The highest BCUT2D eigenvalue weighted by Gasteiger charge is 2.20. The molecule has 23 heavy (non-hydrogen) atoms. The highest BCUT2D eigenvalue weighted by Crippen LogP contribution is 2.29. The third-order valence-corrected chi connectivity index (χ3v) is 4.92. The first-order valence-electron chi connectivity index (χ1n) is 8.63. The molecule has 3 rings (SSSR count). The van der Waals surface area contributed by atoms with Crippen molar-refractivity contribution in [2.75, 3.05) is 0 Å². The lowest BCUT2D eigenvalue weighted by molar-refractivity contribution is -0.133. The van der Waals surface area contributed by atoms with E-state index in [1.54, 1.807) is 6.26 Å². The van der Waals surface area contributed by atoms with Crippen LogP contribution in [-0.4, -0.2) is 15.4 Å². The monoisotopic (exact) mass is 314 g/mol. The molecule has 1 aliphatic carbocycles. The molecule has 1 amide bonds. The molecule has 1 saturated carbocycles. The Kier molecular flexibility index (Phi) is 5.21. The molecular formula is C19H26N2O2. The molecule has 0 unspecified atom stereocenters. The number of furan rings is 1. The Balaban J connectivity index is 1.63. The summed E-state index contributed by atoms with van der Waals surface area (Å²) in [5.41, 5.74) is 1.14. The van der Waals surface area contributed by atoms with E-state index in [-0.39, 0.29) is 5.91 Å². The molecule has 1 aliphatic rings. The average Bonchev–Trinajstić information content (AvgIpc) is 3.28. The molecule has 0 aromatic carbocycles. The van der Waals surface area contributed by atoms with Gasteiger partial charge >= 0.3 is 0 Å². The smallest absolute Gasteiger partial charge is 0.223 e. The standard InChI is InChI=1S/C19H26N2O2/c1-20-12-4-8-17(20)14-21(15-18-9-5-13-23-18)19(22)11-10-16-6-2-3-7-16/h4-5,8-9,12-13,16H,2-3,6-7,10-11,14-15H2,1H3. The van der Waals surface area contributed by atoms with Gasteiger partial charge in [0.25, 0.3) is 0 Å². The van der Waals surface area contributed by atoms with E-state index >= 15 is 0 Å². The van der Waals surface area contributed by atoms with Crippen molar-refractivity contribution in [1.82, 2.24) is 9.47 Å². The second-order valence-corrected chi connectivity index (χ2v) is 6.63. The van der Waals surface area contributed by atoms with Gasteiger partial charge in [0.2, 0.25) is 5.91 Å². The van der Waals surface area contributed by atoms with Crippen LogP contribution in [0.2, 0.25) is 0 Å². The molecule has 1 fully saturated rings. The van der Waals surface area contributed by atoms with Crippen LogP contribution < -0.4 is 0 Å². The van der Waals surface area contributed by atoms with Gasteiger partial charge in [-0.1, -0.05) is 25.7 Å². The minimum atomic E-state index is 0.231. The van der Waals surface area contributed by atoms with Crippen molar-refractivity contribution in [3.8, 4) is 0 Å². The van der Waals surface area contributed by atoms with Gasteiger partial charge in [-0.2, -0.15) is 0 Å². The maximum atomic E-state index is 12.7. The van der Waals surface area contributed by atoms with Crippen molar-refractivity contribution in [2.24, 2.45) is 13.0 Å². The molecule has 4 heteroatoms. The molecule has 0 saturated heterocycles. The molecule has 4 nitrogen and oxygen atoms in total. The van der Waals surface area contributed by atoms with Gasteiger partial charge in [0.05, 0.1) is 19.4 Å². The second kappa shape index (κ2) is 7.53. The van der Waals surface area contributed by atoms with Gasteiger partial charge < -0.3 is 13.9 Å². The largest absolute Gasteiger partial charge is 0.467 e. The lowest BCUT2D eigenvalue weighted by atomic mass is 10.0. The lowest BCUT2D eigenvalue weighted by Crippen LogP contribution is -2.30. The second-order valence-electron chi connectivity index (χ2n) is 6.63. The topological polar surface area (TPSA) is 38.4 Å². The van der Waals surface area contributed by atoms with Gasteiger partial charge in [0, 0.05) is 25.4 Å². The number of aromatic nitrogens is 1. The average molecular weight is 314 g/mol. The van der Waals surface area contributed by atoms with Crippen molar-refractivity contribution >= 4 is 5.91 Å². The quantitative estimate of drug-likeness (QED) is 0.771. The third-order valence-electron chi connectivity index (χ3n) is 4.92. The van der Waals surface area contributed by atoms with Crippen LogP contribution in [0.25, 0.3) is 0 Å². The van der Waals surface area contributed by atoms with Crippen LogP contribution in [0, 0.1) is 5.92 Å². The Morgan fingerprint density at radius 2 is 2.09 bits per heavy atom. The zero-order chi connectivity index (χ0) is 16.1. The van der Waals surface area contributed by atoms with E-state index in [9.17, 15) is 4.79 Å². The molecule has 124 valence electrons. The molecule has 0 bridgehead atoms. The van der Waals surface area contributed by atoms with Gasteiger partial charge in [-0.3, -0.25) is 4.79 Å². The summed E-state index contributed by atoms with van der Waals surface area (Å²) in [6.45, 7) is 1.18. The molecule has 0 radical (unpaired) electrons. The minimum absolute atomic E-state index is 0.231. The summed E-state index contributed by atoms with van der Waals surface area (Å²) in [6.07, 6.45) is 10.6. The maximum Gasteiger partial charge on any atom is 0.223 e. The van der Waals surface area contributed by atoms with Crippen LogP contribution in [0.15, 0.2) is 41.1 Å². The van der Waals surface area contributed by atoms with Crippen LogP contribution in [0.3, 0.4) is 0 Å². The highest BCUT2D eigenvalue weighted by atomic mass is 16.3. The van der Waals surface area contributed by atoms with Crippen molar-refractivity contribution < 1.29 is 9.21 Å². The SMILES string of the molecule is Cn1cccc1CN(Cc1ccco1)C(=O)CCC1CCCC1. The first-order chi connectivity index (χ1) is 11.2. The van der Waals surface area contributed by atoms with E-state index < -0.39 is 0 Å². The van der Waals surface area contributed by atoms with Gasteiger partial charge in [-0.05, 0) is 36.6 Å². The molecule has 0 aliphatic heterocycles. The number of carbonyl (C=O) groups excluding carboxylic acids is 1. The van der Waals surface area contributed by atoms with Crippen LogP contribution in [0.4, 0.5) is 0 Å². The summed E-state index contributed by atoms with van der Waals surface area (Å²) in [7, 11) is 2.02. The fourth-order valence-corrected chi connectivity index (χ4v) is 3.46. The Bertz CT molecular complexity index is 609. The number of carbonyl (C=O) groups is 1. The molecule has 0 N–H and O–H groups in total. The Morgan fingerprint density at radius 3 is 2.74 bits per heavy atom. The van der Waals surface area contributed by atoms with Crippen molar-refractivity contribution in [3.05, 3.63) is 48.2 Å². The predicted octanol–water partition coefficient (Wildman–Crippen LogP) is 4.12. The van der Waals surface area contributed by atoms with Crippen molar-refractivity contribution in [2.45, 2.75) is 51.6 Å².